The van der Waals surface area contributed by atoms with Gasteiger partial charge in [0.2, 0.25) is 0 Å². The average molecular weight is 380 g/mol. The van der Waals surface area contributed by atoms with Crippen LogP contribution in [0.4, 0.5) is 0 Å². The zero-order chi connectivity index (χ0) is 18.8. The number of hydrogen-bond donors (Lipinski definition) is 1. The maximum Gasteiger partial charge on any atom is 0.328 e. The van der Waals surface area contributed by atoms with Gasteiger partial charge in [-0.25, -0.2) is 14.8 Å². The number of rotatable bonds is 6. The minimum atomic E-state index is -0.379. The lowest BCUT2D eigenvalue weighted by atomic mass is 10.2. The number of nitrogens with zero attached hydrogens (tertiary/aromatic N) is 3. The van der Waals surface area contributed by atoms with Gasteiger partial charge < -0.3 is 4.98 Å². The van der Waals surface area contributed by atoms with Crippen molar-refractivity contribution < 1.29 is 0 Å². The maximum absolute atomic E-state index is 12.8. The Morgan fingerprint density at radius 1 is 1.11 bits per heavy atom. The van der Waals surface area contributed by atoms with E-state index in [1.54, 1.807) is 6.20 Å². The van der Waals surface area contributed by atoms with E-state index in [4.69, 9.17) is 0 Å². The molecule has 0 amide bonds. The molecule has 0 aliphatic heterocycles. The molecule has 0 fully saturated rings. The zero-order valence-electron chi connectivity index (χ0n) is 15.1. The summed E-state index contributed by atoms with van der Waals surface area (Å²) < 4.78 is 1.80. The molecule has 0 aliphatic carbocycles. The van der Waals surface area contributed by atoms with Crippen LogP contribution in [0.25, 0.3) is 31.8 Å². The van der Waals surface area contributed by atoms with E-state index in [1.165, 1.54) is 15.9 Å². The summed E-state index contributed by atoms with van der Waals surface area (Å²) in [4.78, 5) is 38.0. The molecule has 3 heterocycles. The first-order valence-corrected chi connectivity index (χ1v) is 9.98. The lowest BCUT2D eigenvalue weighted by Crippen LogP contribution is -2.34. The van der Waals surface area contributed by atoms with E-state index < -0.39 is 0 Å². The van der Waals surface area contributed by atoms with Crippen LogP contribution < -0.4 is 11.2 Å². The zero-order valence-corrected chi connectivity index (χ0v) is 15.9. The largest absolute Gasteiger partial charge is 0.328 e. The smallest absolute Gasteiger partial charge is 0.304 e. The van der Waals surface area contributed by atoms with Crippen molar-refractivity contribution in [1.29, 1.82) is 0 Å². The van der Waals surface area contributed by atoms with E-state index in [0.29, 0.717) is 32.8 Å². The molecule has 4 rings (SSSR count). The number of thiophene rings is 1. The number of H-pyrrole nitrogens is 1. The van der Waals surface area contributed by atoms with Crippen LogP contribution in [-0.2, 0) is 6.54 Å². The monoisotopic (exact) mass is 380 g/mol. The molecule has 0 unspecified atom stereocenters. The van der Waals surface area contributed by atoms with Gasteiger partial charge in [0.15, 0.2) is 0 Å². The van der Waals surface area contributed by atoms with E-state index in [-0.39, 0.29) is 11.2 Å². The Balaban J connectivity index is 1.81. The van der Waals surface area contributed by atoms with Crippen molar-refractivity contribution in [3.8, 4) is 11.3 Å². The predicted octanol–water partition coefficient (Wildman–Crippen LogP) is 3.94. The van der Waals surface area contributed by atoms with Crippen LogP contribution in [0.3, 0.4) is 0 Å². The van der Waals surface area contributed by atoms with Crippen molar-refractivity contribution in [2.75, 3.05) is 0 Å². The molecule has 0 radical (unpaired) electrons. The van der Waals surface area contributed by atoms with E-state index >= 15 is 0 Å². The van der Waals surface area contributed by atoms with Crippen LogP contribution in [-0.4, -0.2) is 19.5 Å². The Kier molecular flexibility index (Phi) is 4.85. The van der Waals surface area contributed by atoms with Crippen molar-refractivity contribution in [1.82, 2.24) is 19.5 Å². The van der Waals surface area contributed by atoms with E-state index in [2.05, 4.69) is 21.9 Å². The molecule has 1 N–H and O–H groups in total. The summed E-state index contributed by atoms with van der Waals surface area (Å²) in [5.41, 5.74) is 2.08. The highest BCUT2D eigenvalue weighted by Crippen LogP contribution is 2.28. The molecule has 138 valence electrons. The van der Waals surface area contributed by atoms with Crippen molar-refractivity contribution >= 4 is 31.9 Å². The third kappa shape index (κ3) is 3.30. The normalized spacial score (nSPS) is 11.4. The van der Waals surface area contributed by atoms with Crippen LogP contribution in [0, 0.1) is 0 Å². The summed E-state index contributed by atoms with van der Waals surface area (Å²) in [6.07, 6.45) is 5.75. The molecule has 1 aromatic carbocycles. The molecule has 3 aromatic heterocycles. The topological polar surface area (TPSA) is 80.6 Å². The first-order valence-electron chi connectivity index (χ1n) is 9.17. The molecular formula is C20H20N4O2S. The third-order valence-electron chi connectivity index (χ3n) is 4.62. The molecule has 27 heavy (non-hydrogen) atoms. The second-order valence-corrected chi connectivity index (χ2v) is 7.53. The van der Waals surface area contributed by atoms with E-state index in [9.17, 15) is 9.59 Å². The van der Waals surface area contributed by atoms with Crippen LogP contribution in [0.15, 0.2) is 46.1 Å². The van der Waals surface area contributed by atoms with Gasteiger partial charge in [-0.1, -0.05) is 56.5 Å². The van der Waals surface area contributed by atoms with Gasteiger partial charge >= 0.3 is 5.69 Å². The summed E-state index contributed by atoms with van der Waals surface area (Å²) >= 11 is 1.28. The lowest BCUT2D eigenvalue weighted by molar-refractivity contribution is 0.555. The van der Waals surface area contributed by atoms with Gasteiger partial charge in [-0.15, -0.1) is 11.3 Å². The first-order chi connectivity index (χ1) is 13.2. The molecule has 0 aliphatic rings. The molecule has 0 atom stereocenters. The number of benzene rings is 1. The number of hydrogen-bond acceptors (Lipinski definition) is 5. The Bertz CT molecular complexity index is 1210. The fourth-order valence-electron chi connectivity index (χ4n) is 3.17. The molecule has 0 bridgehead atoms. The molecule has 0 saturated heterocycles. The highest BCUT2D eigenvalue weighted by atomic mass is 32.1. The van der Waals surface area contributed by atoms with Gasteiger partial charge in [-0.2, -0.15) is 0 Å². The minimum absolute atomic E-state index is 0.253. The molecule has 6 nitrogen and oxygen atoms in total. The summed E-state index contributed by atoms with van der Waals surface area (Å²) in [6, 6.07) is 9.72. The summed E-state index contributed by atoms with van der Waals surface area (Å²) in [5.74, 6) is 0. The van der Waals surface area contributed by atoms with E-state index in [1.807, 2.05) is 30.3 Å². The number of fused-ring (bicyclic) bond motifs is 3. The Labute approximate surface area is 159 Å². The first kappa shape index (κ1) is 17.6. The fourth-order valence-corrected chi connectivity index (χ4v) is 4.16. The van der Waals surface area contributed by atoms with Crippen molar-refractivity contribution in [2.24, 2.45) is 0 Å². The number of aromatic nitrogens is 4. The Morgan fingerprint density at radius 2 is 1.93 bits per heavy atom. The SMILES string of the molecule is CCCCCCn1c(=O)[nH]c2c(sc3ncc(-c4ccccc4)nc32)c1=O. The van der Waals surface area contributed by atoms with Gasteiger partial charge in [-0.05, 0) is 6.42 Å². The van der Waals surface area contributed by atoms with Crippen LogP contribution in [0.1, 0.15) is 32.6 Å². The molecular weight excluding hydrogens is 360 g/mol. The molecule has 4 aromatic rings. The second-order valence-electron chi connectivity index (χ2n) is 6.53. The van der Waals surface area contributed by atoms with Gasteiger partial charge in [-0.3, -0.25) is 9.36 Å². The Morgan fingerprint density at radius 3 is 2.70 bits per heavy atom. The van der Waals surface area contributed by atoms with Gasteiger partial charge in [0, 0.05) is 12.1 Å². The minimum Gasteiger partial charge on any atom is -0.304 e. The van der Waals surface area contributed by atoms with Crippen LogP contribution >= 0.6 is 11.3 Å². The molecule has 0 saturated carbocycles. The van der Waals surface area contributed by atoms with Gasteiger partial charge in [0.25, 0.3) is 5.56 Å². The molecule has 7 heteroatoms. The van der Waals surface area contributed by atoms with Crippen LogP contribution in [0.2, 0.25) is 0 Å². The van der Waals surface area contributed by atoms with Crippen molar-refractivity contribution in [3.63, 3.8) is 0 Å². The third-order valence-corrected chi connectivity index (χ3v) is 5.70. The van der Waals surface area contributed by atoms with Crippen LogP contribution in [0.5, 0.6) is 0 Å². The number of nitrogens with one attached hydrogen (secondary N) is 1. The standard InChI is InChI=1S/C20H20N4O2S/c1-2-3-4-8-11-24-19(25)17-15(23-20(24)26)16-18(27-17)21-12-14(22-16)13-9-6-5-7-10-13/h5-7,9-10,12H,2-4,8,11H2,1H3,(H,23,26). The number of aromatic amines is 1. The maximum atomic E-state index is 12.8. The predicted molar refractivity (Wildman–Crippen MR) is 109 cm³/mol. The highest BCUT2D eigenvalue weighted by Gasteiger charge is 2.16. The highest BCUT2D eigenvalue weighted by molar-refractivity contribution is 7.25. The summed E-state index contributed by atoms with van der Waals surface area (Å²) in [7, 11) is 0. The van der Waals surface area contributed by atoms with Crippen molar-refractivity contribution in [3.05, 3.63) is 57.4 Å². The molecule has 0 spiro atoms. The van der Waals surface area contributed by atoms with Crippen molar-refractivity contribution in [2.45, 2.75) is 39.2 Å². The summed E-state index contributed by atoms with van der Waals surface area (Å²) in [5, 5.41) is 0. The number of unbranched alkanes of at least 4 members (excludes halogenated alkanes) is 3. The van der Waals surface area contributed by atoms with Gasteiger partial charge in [0.1, 0.15) is 15.0 Å². The summed E-state index contributed by atoms with van der Waals surface area (Å²) in [6.45, 7) is 2.57. The average Bonchev–Trinajstić information content (AvgIpc) is 3.06. The second kappa shape index (κ2) is 7.44. The lowest BCUT2D eigenvalue weighted by Gasteiger charge is -2.04. The Hall–Kier alpha value is -2.80. The van der Waals surface area contributed by atoms with Gasteiger partial charge in [0.05, 0.1) is 17.4 Å². The quantitative estimate of drug-likeness (QED) is 0.514. The van der Waals surface area contributed by atoms with E-state index in [0.717, 1.165) is 31.2 Å². The fraction of sp³-hybridized carbons (Fsp3) is 0.300.